The zero-order valence-electron chi connectivity index (χ0n) is 13.6. The quantitative estimate of drug-likeness (QED) is 0.469. The third-order valence-corrected chi connectivity index (χ3v) is 3.15. The topological polar surface area (TPSA) is 93.2 Å². The standard InChI is InChI=1S/C14H23N7O/c1-10-8-11(2)21(19-10)7-5-6-16-14(15-4)17-9-13-18-12(3)22-20-13/h8H,5-7,9H2,1-4H3,(H2,15,16,17). The molecular weight excluding hydrogens is 282 g/mol. The molecule has 2 rings (SSSR count). The highest BCUT2D eigenvalue weighted by atomic mass is 16.5. The number of nitrogens with zero attached hydrogens (tertiary/aromatic N) is 5. The van der Waals surface area contributed by atoms with Gasteiger partial charge in [0.15, 0.2) is 11.8 Å². The summed E-state index contributed by atoms with van der Waals surface area (Å²) in [7, 11) is 1.73. The first-order valence-corrected chi connectivity index (χ1v) is 7.33. The van der Waals surface area contributed by atoms with Crippen molar-refractivity contribution in [2.24, 2.45) is 4.99 Å². The van der Waals surface area contributed by atoms with Gasteiger partial charge in [-0.15, -0.1) is 0 Å². The zero-order chi connectivity index (χ0) is 15.9. The SMILES string of the molecule is CN=C(NCCCn1nc(C)cc1C)NCc1noc(C)n1. The lowest BCUT2D eigenvalue weighted by atomic mass is 10.4. The van der Waals surface area contributed by atoms with Gasteiger partial charge in [-0.05, 0) is 26.3 Å². The van der Waals surface area contributed by atoms with Crippen LogP contribution in [0.1, 0.15) is 29.5 Å². The van der Waals surface area contributed by atoms with Crippen LogP contribution in [0.4, 0.5) is 0 Å². The minimum atomic E-state index is 0.481. The fourth-order valence-electron chi connectivity index (χ4n) is 2.13. The molecule has 0 spiro atoms. The van der Waals surface area contributed by atoms with E-state index in [1.807, 2.05) is 11.6 Å². The van der Waals surface area contributed by atoms with Crippen LogP contribution in [0.5, 0.6) is 0 Å². The summed E-state index contributed by atoms with van der Waals surface area (Å²) in [4.78, 5) is 8.29. The highest BCUT2D eigenvalue weighted by Crippen LogP contribution is 2.02. The highest BCUT2D eigenvalue weighted by Gasteiger charge is 2.04. The van der Waals surface area contributed by atoms with Gasteiger partial charge in [0.1, 0.15) is 0 Å². The van der Waals surface area contributed by atoms with Crippen molar-refractivity contribution < 1.29 is 4.52 Å². The normalized spacial score (nSPS) is 11.7. The summed E-state index contributed by atoms with van der Waals surface area (Å²) in [6, 6.07) is 2.08. The summed E-state index contributed by atoms with van der Waals surface area (Å²) in [6.45, 7) is 8.02. The van der Waals surface area contributed by atoms with Gasteiger partial charge in [0.05, 0.1) is 12.2 Å². The molecule has 0 saturated heterocycles. The van der Waals surface area contributed by atoms with Gasteiger partial charge in [-0.1, -0.05) is 5.16 Å². The van der Waals surface area contributed by atoms with Crippen LogP contribution in [0.25, 0.3) is 0 Å². The largest absolute Gasteiger partial charge is 0.356 e. The van der Waals surface area contributed by atoms with Crippen molar-refractivity contribution in [1.82, 2.24) is 30.6 Å². The number of aromatic nitrogens is 4. The Hall–Kier alpha value is -2.38. The third-order valence-electron chi connectivity index (χ3n) is 3.15. The molecule has 8 heteroatoms. The van der Waals surface area contributed by atoms with Crippen LogP contribution in [0.15, 0.2) is 15.6 Å². The lowest BCUT2D eigenvalue weighted by molar-refractivity contribution is 0.386. The second-order valence-electron chi connectivity index (χ2n) is 5.09. The average Bonchev–Trinajstić information content (AvgIpc) is 3.03. The van der Waals surface area contributed by atoms with E-state index < -0.39 is 0 Å². The maximum Gasteiger partial charge on any atom is 0.223 e. The molecule has 0 saturated carbocycles. The Labute approximate surface area is 130 Å². The first-order chi connectivity index (χ1) is 10.6. The van der Waals surface area contributed by atoms with Gasteiger partial charge in [-0.25, -0.2) is 0 Å². The lowest BCUT2D eigenvalue weighted by Crippen LogP contribution is -2.37. The van der Waals surface area contributed by atoms with Gasteiger partial charge in [-0.2, -0.15) is 10.1 Å². The van der Waals surface area contributed by atoms with E-state index in [0.29, 0.717) is 18.3 Å². The van der Waals surface area contributed by atoms with Crippen LogP contribution in [-0.2, 0) is 13.1 Å². The fourth-order valence-corrected chi connectivity index (χ4v) is 2.13. The Bertz CT molecular complexity index is 629. The van der Waals surface area contributed by atoms with Crippen LogP contribution in [0.3, 0.4) is 0 Å². The molecule has 2 N–H and O–H groups in total. The van der Waals surface area contributed by atoms with E-state index in [1.54, 1.807) is 14.0 Å². The Morgan fingerprint density at radius 2 is 2.14 bits per heavy atom. The number of rotatable bonds is 6. The molecular formula is C14H23N7O. The van der Waals surface area contributed by atoms with Crippen LogP contribution >= 0.6 is 0 Å². The van der Waals surface area contributed by atoms with E-state index in [4.69, 9.17) is 4.52 Å². The molecule has 0 aliphatic carbocycles. The third kappa shape index (κ3) is 4.57. The number of hydrogen-bond donors (Lipinski definition) is 2. The predicted molar refractivity (Wildman–Crippen MR) is 83.6 cm³/mol. The summed E-state index contributed by atoms with van der Waals surface area (Å²) in [6.07, 6.45) is 0.962. The van der Waals surface area contributed by atoms with E-state index in [9.17, 15) is 0 Å². The molecule has 0 atom stereocenters. The van der Waals surface area contributed by atoms with Crippen molar-refractivity contribution in [1.29, 1.82) is 0 Å². The Kier molecular flexibility index (Phi) is 5.51. The van der Waals surface area contributed by atoms with Gasteiger partial charge < -0.3 is 15.2 Å². The molecule has 0 radical (unpaired) electrons. The number of aryl methyl sites for hydroxylation is 4. The van der Waals surface area contributed by atoms with E-state index in [2.05, 4.69) is 43.9 Å². The molecule has 0 aliphatic rings. The maximum atomic E-state index is 4.92. The maximum absolute atomic E-state index is 4.92. The molecule has 22 heavy (non-hydrogen) atoms. The minimum Gasteiger partial charge on any atom is -0.356 e. The minimum absolute atomic E-state index is 0.481. The monoisotopic (exact) mass is 305 g/mol. The molecule has 2 aromatic rings. The van der Waals surface area contributed by atoms with E-state index in [1.165, 1.54) is 5.69 Å². The Balaban J connectivity index is 1.69. The number of hydrogen-bond acceptors (Lipinski definition) is 5. The summed E-state index contributed by atoms with van der Waals surface area (Å²) in [5, 5.41) is 14.7. The first-order valence-electron chi connectivity index (χ1n) is 7.33. The second-order valence-corrected chi connectivity index (χ2v) is 5.09. The van der Waals surface area contributed by atoms with Gasteiger partial charge in [0.25, 0.3) is 0 Å². The summed E-state index contributed by atoms with van der Waals surface area (Å²) in [5.74, 6) is 1.89. The number of nitrogens with one attached hydrogen (secondary N) is 2. The predicted octanol–water partition coefficient (Wildman–Crippen LogP) is 0.947. The van der Waals surface area contributed by atoms with E-state index in [-0.39, 0.29) is 0 Å². The van der Waals surface area contributed by atoms with Gasteiger partial charge in [0.2, 0.25) is 5.89 Å². The van der Waals surface area contributed by atoms with Gasteiger partial charge >= 0.3 is 0 Å². The highest BCUT2D eigenvalue weighted by molar-refractivity contribution is 5.79. The molecule has 0 amide bonds. The Morgan fingerprint density at radius 1 is 1.32 bits per heavy atom. The van der Waals surface area contributed by atoms with Crippen molar-refractivity contribution in [2.75, 3.05) is 13.6 Å². The Morgan fingerprint density at radius 3 is 2.73 bits per heavy atom. The average molecular weight is 305 g/mol. The van der Waals surface area contributed by atoms with Crippen molar-refractivity contribution in [3.8, 4) is 0 Å². The smallest absolute Gasteiger partial charge is 0.223 e. The molecule has 0 unspecified atom stereocenters. The van der Waals surface area contributed by atoms with Crippen molar-refractivity contribution in [3.05, 3.63) is 29.2 Å². The van der Waals surface area contributed by atoms with E-state index >= 15 is 0 Å². The molecule has 8 nitrogen and oxygen atoms in total. The lowest BCUT2D eigenvalue weighted by Gasteiger charge is -2.10. The van der Waals surface area contributed by atoms with Crippen molar-refractivity contribution in [3.63, 3.8) is 0 Å². The molecule has 0 aliphatic heterocycles. The van der Waals surface area contributed by atoms with Gasteiger partial charge in [0, 0.05) is 32.8 Å². The molecule has 2 heterocycles. The molecule has 0 fully saturated rings. The van der Waals surface area contributed by atoms with Crippen molar-refractivity contribution >= 4 is 5.96 Å². The van der Waals surface area contributed by atoms with Gasteiger partial charge in [-0.3, -0.25) is 9.67 Å². The van der Waals surface area contributed by atoms with Crippen LogP contribution in [-0.4, -0.2) is 39.5 Å². The molecule has 0 bridgehead atoms. The van der Waals surface area contributed by atoms with Crippen LogP contribution in [0.2, 0.25) is 0 Å². The summed E-state index contributed by atoms with van der Waals surface area (Å²) < 4.78 is 6.94. The zero-order valence-corrected chi connectivity index (χ0v) is 13.6. The fraction of sp³-hybridized carbons (Fsp3) is 0.571. The summed E-state index contributed by atoms with van der Waals surface area (Å²) >= 11 is 0. The number of aliphatic imine (C=N–C) groups is 1. The van der Waals surface area contributed by atoms with E-state index in [0.717, 1.165) is 31.2 Å². The molecule has 0 aromatic carbocycles. The second kappa shape index (κ2) is 7.58. The summed E-state index contributed by atoms with van der Waals surface area (Å²) in [5.41, 5.74) is 2.24. The first kappa shape index (κ1) is 16.0. The molecule has 2 aromatic heterocycles. The van der Waals surface area contributed by atoms with Crippen LogP contribution in [0, 0.1) is 20.8 Å². The molecule has 120 valence electrons. The van der Waals surface area contributed by atoms with Crippen LogP contribution < -0.4 is 10.6 Å². The van der Waals surface area contributed by atoms with Crippen molar-refractivity contribution in [2.45, 2.75) is 40.3 Å². The number of guanidine groups is 1.